The summed E-state index contributed by atoms with van der Waals surface area (Å²) in [4.78, 5) is 4.90. The Labute approximate surface area is 129 Å². The maximum Gasteiger partial charge on any atom is 0.0467 e. The Morgan fingerprint density at radius 3 is 2.76 bits per heavy atom. The zero-order chi connectivity index (χ0) is 14.8. The second-order valence-electron chi connectivity index (χ2n) is 7.05. The number of hydrogen-bond acceptors (Lipinski definition) is 3. The van der Waals surface area contributed by atoms with Crippen LogP contribution in [0.25, 0.3) is 0 Å². The van der Waals surface area contributed by atoms with Crippen molar-refractivity contribution < 1.29 is 0 Å². The van der Waals surface area contributed by atoms with Crippen molar-refractivity contribution in [1.82, 2.24) is 9.80 Å². The van der Waals surface area contributed by atoms with Gasteiger partial charge in [0.05, 0.1) is 0 Å². The molecule has 2 atom stereocenters. The van der Waals surface area contributed by atoms with E-state index in [0.29, 0.717) is 12.6 Å². The van der Waals surface area contributed by atoms with Crippen LogP contribution in [-0.2, 0) is 0 Å². The summed E-state index contributed by atoms with van der Waals surface area (Å²) >= 11 is 0. The fourth-order valence-corrected chi connectivity index (χ4v) is 3.72. The molecule has 0 aromatic heterocycles. The summed E-state index contributed by atoms with van der Waals surface area (Å²) in [5, 5.41) is 0. The quantitative estimate of drug-likeness (QED) is 0.872. The number of benzene rings is 1. The van der Waals surface area contributed by atoms with Crippen LogP contribution in [0, 0.1) is 5.92 Å². The van der Waals surface area contributed by atoms with Crippen LogP contribution in [0.15, 0.2) is 24.3 Å². The summed E-state index contributed by atoms with van der Waals surface area (Å²) < 4.78 is 0. The van der Waals surface area contributed by atoms with Gasteiger partial charge in [0.25, 0.3) is 0 Å². The summed E-state index contributed by atoms with van der Waals surface area (Å²) in [5.41, 5.74) is 9.01. The van der Waals surface area contributed by atoms with E-state index in [4.69, 9.17) is 5.73 Å². The van der Waals surface area contributed by atoms with E-state index in [-0.39, 0.29) is 0 Å². The Bertz CT molecular complexity index is 469. The van der Waals surface area contributed by atoms with Crippen molar-refractivity contribution in [1.29, 1.82) is 0 Å². The molecule has 0 radical (unpaired) electrons. The maximum atomic E-state index is 6.10. The van der Waals surface area contributed by atoms with Crippen LogP contribution < -0.4 is 5.73 Å². The van der Waals surface area contributed by atoms with Gasteiger partial charge in [-0.05, 0) is 62.9 Å². The average Bonchev–Trinajstić information content (AvgIpc) is 3.24. The Morgan fingerprint density at radius 1 is 1.33 bits per heavy atom. The summed E-state index contributed by atoms with van der Waals surface area (Å²) in [6.07, 6.45) is 4.04. The topological polar surface area (TPSA) is 32.5 Å². The van der Waals surface area contributed by atoms with Crippen molar-refractivity contribution in [2.75, 3.05) is 40.3 Å². The first-order valence-corrected chi connectivity index (χ1v) is 8.36. The first-order valence-electron chi connectivity index (χ1n) is 8.36. The summed E-state index contributed by atoms with van der Waals surface area (Å²) in [6.45, 7) is 4.32. The summed E-state index contributed by atoms with van der Waals surface area (Å²) in [6, 6.07) is 9.49. The zero-order valence-corrected chi connectivity index (χ0v) is 13.5. The third kappa shape index (κ3) is 3.65. The normalized spacial score (nSPS) is 24.7. The van der Waals surface area contributed by atoms with Crippen LogP contribution in [0.5, 0.6) is 0 Å². The van der Waals surface area contributed by atoms with E-state index in [1.165, 1.54) is 43.5 Å². The number of hydrogen-bond donors (Lipinski definition) is 1. The Balaban J connectivity index is 1.67. The molecule has 21 heavy (non-hydrogen) atoms. The molecule has 2 aliphatic rings. The van der Waals surface area contributed by atoms with Crippen molar-refractivity contribution in [3.63, 3.8) is 0 Å². The van der Waals surface area contributed by atoms with Crippen LogP contribution >= 0.6 is 0 Å². The molecule has 1 aromatic rings. The minimum atomic E-state index is 0.356. The van der Waals surface area contributed by atoms with Gasteiger partial charge < -0.3 is 10.6 Å². The Hall–Kier alpha value is -0.900. The van der Waals surface area contributed by atoms with Crippen molar-refractivity contribution in [3.8, 4) is 0 Å². The van der Waals surface area contributed by atoms with Gasteiger partial charge in [-0.15, -0.1) is 0 Å². The molecule has 1 saturated heterocycles. The van der Waals surface area contributed by atoms with Gasteiger partial charge in [0.1, 0.15) is 0 Å². The molecule has 1 heterocycles. The Morgan fingerprint density at radius 2 is 2.14 bits per heavy atom. The van der Waals surface area contributed by atoms with Gasteiger partial charge in [-0.2, -0.15) is 0 Å². The fraction of sp³-hybridized carbons (Fsp3) is 0.667. The number of likely N-dealkylation sites (tertiary alicyclic amines) is 1. The van der Waals surface area contributed by atoms with E-state index in [2.05, 4.69) is 48.2 Å². The van der Waals surface area contributed by atoms with Gasteiger partial charge in [-0.1, -0.05) is 24.3 Å². The molecule has 3 rings (SSSR count). The highest BCUT2D eigenvalue weighted by atomic mass is 15.2. The number of likely N-dealkylation sites (N-methyl/N-ethyl adjacent to an activating group) is 1. The van der Waals surface area contributed by atoms with Crippen molar-refractivity contribution in [2.24, 2.45) is 11.7 Å². The zero-order valence-electron chi connectivity index (χ0n) is 13.5. The molecular formula is C18H29N3. The van der Waals surface area contributed by atoms with Crippen molar-refractivity contribution >= 4 is 0 Å². The SMILES string of the molecule is CN1CCC(CN(C)C(CN)c2cccc(C3CC3)c2)C1. The Kier molecular flexibility index (Phi) is 4.63. The molecule has 2 unspecified atom stereocenters. The molecule has 1 aliphatic heterocycles. The van der Waals surface area contributed by atoms with E-state index in [1.54, 1.807) is 0 Å². The lowest BCUT2D eigenvalue weighted by molar-refractivity contribution is 0.211. The largest absolute Gasteiger partial charge is 0.329 e. The molecule has 2 N–H and O–H groups in total. The smallest absolute Gasteiger partial charge is 0.0467 e. The van der Waals surface area contributed by atoms with Crippen LogP contribution in [-0.4, -0.2) is 50.1 Å². The van der Waals surface area contributed by atoms with E-state index in [1.807, 2.05) is 0 Å². The molecule has 0 spiro atoms. The second kappa shape index (κ2) is 6.47. The van der Waals surface area contributed by atoms with Crippen molar-refractivity contribution in [2.45, 2.75) is 31.2 Å². The second-order valence-corrected chi connectivity index (χ2v) is 7.05. The number of nitrogens with zero attached hydrogens (tertiary/aromatic N) is 2. The van der Waals surface area contributed by atoms with Gasteiger partial charge >= 0.3 is 0 Å². The molecule has 1 saturated carbocycles. The molecule has 0 amide bonds. The highest BCUT2D eigenvalue weighted by Gasteiger charge is 2.26. The fourth-order valence-electron chi connectivity index (χ4n) is 3.72. The van der Waals surface area contributed by atoms with Crippen LogP contribution in [0.4, 0.5) is 0 Å². The third-order valence-corrected chi connectivity index (χ3v) is 5.13. The van der Waals surface area contributed by atoms with Gasteiger partial charge in [0.15, 0.2) is 0 Å². The summed E-state index contributed by atoms with van der Waals surface area (Å²) in [7, 11) is 4.46. The lowest BCUT2D eigenvalue weighted by atomic mass is 9.99. The molecule has 3 nitrogen and oxygen atoms in total. The molecule has 116 valence electrons. The third-order valence-electron chi connectivity index (χ3n) is 5.13. The van der Waals surface area contributed by atoms with Gasteiger partial charge in [0.2, 0.25) is 0 Å². The molecule has 0 bridgehead atoms. The predicted octanol–water partition coefficient (Wildman–Crippen LogP) is 2.45. The van der Waals surface area contributed by atoms with E-state index in [9.17, 15) is 0 Å². The standard InChI is InChI=1S/C18H29N3/c1-20-9-8-14(12-20)13-21(2)18(11-19)17-5-3-4-16(10-17)15-6-7-15/h3-5,10,14-15,18H,6-9,11-13,19H2,1-2H3. The van der Waals surface area contributed by atoms with E-state index < -0.39 is 0 Å². The van der Waals surface area contributed by atoms with Gasteiger partial charge in [0, 0.05) is 25.7 Å². The molecular weight excluding hydrogens is 258 g/mol. The van der Waals surface area contributed by atoms with Crippen LogP contribution in [0.3, 0.4) is 0 Å². The molecule has 2 fully saturated rings. The number of nitrogens with two attached hydrogens (primary N) is 1. The van der Waals surface area contributed by atoms with Gasteiger partial charge in [-0.3, -0.25) is 4.90 Å². The molecule has 3 heteroatoms. The average molecular weight is 287 g/mol. The van der Waals surface area contributed by atoms with Gasteiger partial charge in [-0.25, -0.2) is 0 Å². The highest BCUT2D eigenvalue weighted by molar-refractivity contribution is 5.31. The molecule has 1 aromatic carbocycles. The monoisotopic (exact) mass is 287 g/mol. The number of rotatable bonds is 6. The lowest BCUT2D eigenvalue weighted by Gasteiger charge is -2.30. The van der Waals surface area contributed by atoms with Crippen LogP contribution in [0.2, 0.25) is 0 Å². The summed E-state index contributed by atoms with van der Waals surface area (Å²) in [5.74, 6) is 1.61. The molecule has 1 aliphatic carbocycles. The minimum absolute atomic E-state index is 0.356. The lowest BCUT2D eigenvalue weighted by Crippen LogP contribution is -2.35. The predicted molar refractivity (Wildman–Crippen MR) is 88.4 cm³/mol. The van der Waals surface area contributed by atoms with E-state index in [0.717, 1.165) is 18.4 Å². The van der Waals surface area contributed by atoms with Crippen molar-refractivity contribution in [3.05, 3.63) is 35.4 Å². The first kappa shape index (κ1) is 15.0. The first-order chi connectivity index (χ1) is 10.2. The van der Waals surface area contributed by atoms with Crippen LogP contribution in [0.1, 0.15) is 42.3 Å². The minimum Gasteiger partial charge on any atom is -0.329 e. The maximum absolute atomic E-state index is 6.10. The van der Waals surface area contributed by atoms with E-state index >= 15 is 0 Å². The highest BCUT2D eigenvalue weighted by Crippen LogP contribution is 2.40.